The summed E-state index contributed by atoms with van der Waals surface area (Å²) in [7, 11) is 0. The molecule has 0 aromatic heterocycles. The van der Waals surface area contributed by atoms with Gasteiger partial charge in [0.15, 0.2) is 0 Å². The number of halogens is 1. The number of benzene rings is 3. The van der Waals surface area contributed by atoms with Gasteiger partial charge >= 0.3 is 0 Å². The molecule has 2 N–H and O–H groups in total. The second-order valence-corrected chi connectivity index (χ2v) is 5.48. The molecule has 0 spiro atoms. The maximum Gasteiger partial charge on any atom is 0.0408 e. The molecule has 3 rings (SSSR count). The summed E-state index contributed by atoms with van der Waals surface area (Å²) in [5, 5.41) is 3.23. The molecule has 0 saturated carbocycles. The summed E-state index contributed by atoms with van der Waals surface area (Å²) in [6.07, 6.45) is 0.791. The van der Waals surface area contributed by atoms with E-state index in [1.54, 1.807) is 0 Å². The van der Waals surface area contributed by atoms with Gasteiger partial charge in [0.2, 0.25) is 0 Å². The van der Waals surface area contributed by atoms with Gasteiger partial charge in [-0.1, -0.05) is 60.1 Å². The Morgan fingerprint density at radius 3 is 2.45 bits per heavy atom. The fourth-order valence-electron chi connectivity index (χ4n) is 2.47. The molecule has 3 aromatic rings. The lowest BCUT2D eigenvalue weighted by Crippen LogP contribution is -2.13. The molecule has 0 radical (unpaired) electrons. The highest BCUT2D eigenvalue weighted by atomic mass is 35.5. The highest BCUT2D eigenvalue weighted by Gasteiger charge is 2.08. The molecule has 0 heterocycles. The third-order valence-corrected chi connectivity index (χ3v) is 3.78. The van der Waals surface area contributed by atoms with E-state index in [0.29, 0.717) is 0 Å². The van der Waals surface area contributed by atoms with Crippen LogP contribution in [0.3, 0.4) is 0 Å². The van der Waals surface area contributed by atoms with E-state index in [0.717, 1.165) is 22.6 Å². The van der Waals surface area contributed by atoms with Crippen molar-refractivity contribution in [2.45, 2.75) is 12.5 Å². The zero-order valence-electron chi connectivity index (χ0n) is 11.1. The van der Waals surface area contributed by atoms with Gasteiger partial charge in [0.1, 0.15) is 0 Å². The standard InChI is InChI=1S/C18H16ClN/c19-17-7-3-4-13(10-17)11-18(20)16-9-8-14-5-1-2-6-15(14)12-16/h1-10,12,18H,11,20H2. The Labute approximate surface area is 124 Å². The van der Waals surface area contributed by atoms with E-state index in [4.69, 9.17) is 17.3 Å². The van der Waals surface area contributed by atoms with Gasteiger partial charge in [0, 0.05) is 11.1 Å². The van der Waals surface area contributed by atoms with Crippen molar-refractivity contribution in [3.05, 3.63) is 82.9 Å². The molecule has 0 aliphatic carbocycles. The first-order valence-corrected chi connectivity index (χ1v) is 7.09. The van der Waals surface area contributed by atoms with E-state index >= 15 is 0 Å². The predicted molar refractivity (Wildman–Crippen MR) is 86.0 cm³/mol. The molecule has 100 valence electrons. The summed E-state index contributed by atoms with van der Waals surface area (Å²) in [6.45, 7) is 0. The maximum atomic E-state index is 6.33. The van der Waals surface area contributed by atoms with Crippen LogP contribution in [0.5, 0.6) is 0 Å². The van der Waals surface area contributed by atoms with E-state index in [1.165, 1.54) is 10.8 Å². The van der Waals surface area contributed by atoms with Gasteiger partial charge in [-0.25, -0.2) is 0 Å². The second-order valence-electron chi connectivity index (χ2n) is 5.05. The number of fused-ring (bicyclic) bond motifs is 1. The van der Waals surface area contributed by atoms with Gasteiger partial charge in [-0.15, -0.1) is 0 Å². The molecule has 0 aliphatic heterocycles. The summed E-state index contributed by atoms with van der Waals surface area (Å²) >= 11 is 6.01. The summed E-state index contributed by atoms with van der Waals surface area (Å²) in [5.74, 6) is 0. The van der Waals surface area contributed by atoms with Crippen LogP contribution < -0.4 is 5.73 Å². The highest BCUT2D eigenvalue weighted by Crippen LogP contribution is 2.22. The van der Waals surface area contributed by atoms with E-state index in [1.807, 2.05) is 24.3 Å². The van der Waals surface area contributed by atoms with Crippen molar-refractivity contribution in [1.82, 2.24) is 0 Å². The van der Waals surface area contributed by atoms with Crippen LogP contribution in [0.1, 0.15) is 17.2 Å². The third kappa shape index (κ3) is 2.84. The molecule has 0 saturated heterocycles. The van der Waals surface area contributed by atoms with Crippen LogP contribution in [0.2, 0.25) is 5.02 Å². The highest BCUT2D eigenvalue weighted by molar-refractivity contribution is 6.30. The molecular weight excluding hydrogens is 266 g/mol. The lowest BCUT2D eigenvalue weighted by Gasteiger charge is -2.13. The normalized spacial score (nSPS) is 12.5. The average Bonchev–Trinajstić information content (AvgIpc) is 2.47. The Hall–Kier alpha value is -1.83. The molecule has 0 amide bonds. The van der Waals surface area contributed by atoms with Crippen molar-refractivity contribution in [1.29, 1.82) is 0 Å². The van der Waals surface area contributed by atoms with Crippen LogP contribution in [0.15, 0.2) is 66.7 Å². The van der Waals surface area contributed by atoms with Crippen molar-refractivity contribution < 1.29 is 0 Å². The first-order valence-electron chi connectivity index (χ1n) is 6.71. The van der Waals surface area contributed by atoms with Crippen molar-refractivity contribution in [3.8, 4) is 0 Å². The predicted octanol–water partition coefficient (Wildman–Crippen LogP) is 4.74. The minimum Gasteiger partial charge on any atom is -0.324 e. The van der Waals surface area contributed by atoms with Crippen molar-refractivity contribution in [2.75, 3.05) is 0 Å². The van der Waals surface area contributed by atoms with Crippen LogP contribution in [-0.2, 0) is 6.42 Å². The topological polar surface area (TPSA) is 26.0 Å². The van der Waals surface area contributed by atoms with Gasteiger partial charge in [-0.2, -0.15) is 0 Å². The first-order chi connectivity index (χ1) is 9.72. The fourth-order valence-corrected chi connectivity index (χ4v) is 2.69. The van der Waals surface area contributed by atoms with Crippen LogP contribution in [0.4, 0.5) is 0 Å². The third-order valence-electron chi connectivity index (χ3n) is 3.55. The second kappa shape index (κ2) is 5.66. The number of hydrogen-bond acceptors (Lipinski definition) is 1. The monoisotopic (exact) mass is 281 g/mol. The Kier molecular flexibility index (Phi) is 3.72. The quantitative estimate of drug-likeness (QED) is 0.737. The molecule has 3 aromatic carbocycles. The largest absolute Gasteiger partial charge is 0.324 e. The first kappa shape index (κ1) is 13.2. The lowest BCUT2D eigenvalue weighted by atomic mass is 9.97. The molecule has 20 heavy (non-hydrogen) atoms. The summed E-state index contributed by atoms with van der Waals surface area (Å²) < 4.78 is 0. The SMILES string of the molecule is NC(Cc1cccc(Cl)c1)c1ccc2ccccc2c1. The van der Waals surface area contributed by atoms with E-state index in [2.05, 4.69) is 42.5 Å². The zero-order chi connectivity index (χ0) is 13.9. The molecule has 0 bridgehead atoms. The Morgan fingerprint density at radius 1 is 0.850 bits per heavy atom. The van der Waals surface area contributed by atoms with Crippen molar-refractivity contribution in [3.63, 3.8) is 0 Å². The van der Waals surface area contributed by atoms with Crippen LogP contribution >= 0.6 is 11.6 Å². The van der Waals surface area contributed by atoms with E-state index < -0.39 is 0 Å². The Bertz CT molecular complexity index is 736. The maximum absolute atomic E-state index is 6.33. The lowest BCUT2D eigenvalue weighted by molar-refractivity contribution is 0.723. The molecule has 1 atom stereocenters. The number of hydrogen-bond donors (Lipinski definition) is 1. The minimum absolute atomic E-state index is 0.0157. The van der Waals surface area contributed by atoms with Gasteiger partial charge in [-0.3, -0.25) is 0 Å². The van der Waals surface area contributed by atoms with Crippen LogP contribution in [0.25, 0.3) is 10.8 Å². The molecular formula is C18H16ClN. The number of nitrogens with two attached hydrogens (primary N) is 1. The van der Waals surface area contributed by atoms with Crippen molar-refractivity contribution >= 4 is 22.4 Å². The van der Waals surface area contributed by atoms with Crippen LogP contribution in [-0.4, -0.2) is 0 Å². The van der Waals surface area contributed by atoms with Gasteiger partial charge in [-0.05, 0) is 46.5 Å². The summed E-state index contributed by atoms with van der Waals surface area (Å²) in [6, 6.07) is 22.6. The Morgan fingerprint density at radius 2 is 1.65 bits per heavy atom. The summed E-state index contributed by atoms with van der Waals surface area (Å²) in [5.41, 5.74) is 8.65. The Balaban J connectivity index is 1.86. The van der Waals surface area contributed by atoms with Crippen LogP contribution in [0, 0.1) is 0 Å². The molecule has 0 aliphatic rings. The van der Waals surface area contributed by atoms with Crippen molar-refractivity contribution in [2.24, 2.45) is 5.73 Å². The molecule has 1 unspecified atom stereocenters. The molecule has 0 fully saturated rings. The van der Waals surface area contributed by atoms with E-state index in [9.17, 15) is 0 Å². The van der Waals surface area contributed by atoms with Gasteiger partial charge in [0.05, 0.1) is 0 Å². The smallest absolute Gasteiger partial charge is 0.0408 e. The minimum atomic E-state index is -0.0157. The fraction of sp³-hybridized carbons (Fsp3) is 0.111. The zero-order valence-corrected chi connectivity index (χ0v) is 11.8. The molecule has 1 nitrogen and oxygen atoms in total. The summed E-state index contributed by atoms with van der Waals surface area (Å²) in [4.78, 5) is 0. The van der Waals surface area contributed by atoms with E-state index in [-0.39, 0.29) is 6.04 Å². The van der Waals surface area contributed by atoms with Gasteiger partial charge < -0.3 is 5.73 Å². The molecule has 2 heteroatoms. The number of rotatable bonds is 3. The average molecular weight is 282 g/mol. The van der Waals surface area contributed by atoms with Gasteiger partial charge in [0.25, 0.3) is 0 Å².